The molecule has 5 rings (SSSR count). The Balaban J connectivity index is 1.52. The van der Waals surface area contributed by atoms with Crippen molar-refractivity contribution in [1.82, 2.24) is 40.3 Å². The number of likely N-dealkylation sites (N-methyl/N-ethyl adjacent to an activating group) is 2. The van der Waals surface area contributed by atoms with E-state index in [2.05, 4.69) is 55.3 Å². The van der Waals surface area contributed by atoms with Gasteiger partial charge in [0.1, 0.15) is 11.3 Å². The van der Waals surface area contributed by atoms with Gasteiger partial charge in [-0.2, -0.15) is 5.10 Å². The summed E-state index contributed by atoms with van der Waals surface area (Å²) < 4.78 is 14.7. The lowest BCUT2D eigenvalue weighted by molar-refractivity contribution is 0.425. The SMILES string of the molecule is C=C/C(=C\C(=C/C)c1ccc2[nH]nc(-c3nc4nccc(-c5cc(F)cc(NCCN(C)C)c5)c4[nH]3)c2n1)CNCC. The zero-order valence-electron chi connectivity index (χ0n) is 24.4. The number of halogens is 1. The van der Waals surface area contributed by atoms with E-state index in [9.17, 15) is 4.39 Å². The first-order valence-corrected chi connectivity index (χ1v) is 14.0. The maximum Gasteiger partial charge on any atom is 0.178 e. The lowest BCUT2D eigenvalue weighted by Gasteiger charge is -2.13. The zero-order valence-corrected chi connectivity index (χ0v) is 24.4. The van der Waals surface area contributed by atoms with Gasteiger partial charge in [0.05, 0.1) is 16.7 Å². The van der Waals surface area contributed by atoms with E-state index in [-0.39, 0.29) is 5.82 Å². The number of aromatic nitrogens is 6. The molecule has 0 unspecified atom stereocenters. The molecule has 0 bridgehead atoms. The minimum Gasteiger partial charge on any atom is -0.384 e. The van der Waals surface area contributed by atoms with Crippen molar-refractivity contribution >= 4 is 33.5 Å². The van der Waals surface area contributed by atoms with Crippen molar-refractivity contribution in [2.75, 3.05) is 45.6 Å². The van der Waals surface area contributed by atoms with E-state index < -0.39 is 0 Å². The summed E-state index contributed by atoms with van der Waals surface area (Å²) in [6, 6.07) is 10.7. The average molecular weight is 566 g/mol. The molecule has 42 heavy (non-hydrogen) atoms. The molecule has 4 N–H and O–H groups in total. The molecule has 0 fully saturated rings. The first-order valence-electron chi connectivity index (χ1n) is 14.0. The number of fused-ring (bicyclic) bond motifs is 2. The summed E-state index contributed by atoms with van der Waals surface area (Å²) in [5.74, 6) is 0.205. The second kappa shape index (κ2) is 12.9. The van der Waals surface area contributed by atoms with Crippen LogP contribution in [0.1, 0.15) is 19.5 Å². The van der Waals surface area contributed by atoms with Gasteiger partial charge in [0.25, 0.3) is 0 Å². The predicted molar refractivity (Wildman–Crippen MR) is 170 cm³/mol. The number of rotatable bonds is 12. The first-order chi connectivity index (χ1) is 20.4. The first kappa shape index (κ1) is 28.8. The zero-order chi connectivity index (χ0) is 29.6. The van der Waals surface area contributed by atoms with Crippen LogP contribution in [0.5, 0.6) is 0 Å². The molecule has 0 saturated carbocycles. The van der Waals surface area contributed by atoms with E-state index in [0.29, 0.717) is 40.4 Å². The molecule has 4 aromatic heterocycles. The van der Waals surface area contributed by atoms with Crippen LogP contribution in [0.25, 0.3) is 50.4 Å². The molecular weight excluding hydrogens is 529 g/mol. The number of nitrogens with one attached hydrogen (secondary N) is 4. The van der Waals surface area contributed by atoms with E-state index in [1.807, 2.05) is 57.4 Å². The number of hydrogen-bond acceptors (Lipinski definition) is 7. The van der Waals surface area contributed by atoms with Crippen LogP contribution >= 0.6 is 0 Å². The summed E-state index contributed by atoms with van der Waals surface area (Å²) in [4.78, 5) is 19.6. The van der Waals surface area contributed by atoms with Crippen LogP contribution in [0.2, 0.25) is 0 Å². The molecule has 5 aromatic rings. The number of benzene rings is 1. The molecule has 0 aliphatic heterocycles. The summed E-state index contributed by atoms with van der Waals surface area (Å²) >= 11 is 0. The van der Waals surface area contributed by atoms with Gasteiger partial charge in [0, 0.05) is 37.1 Å². The molecule has 0 saturated heterocycles. The smallest absolute Gasteiger partial charge is 0.178 e. The summed E-state index contributed by atoms with van der Waals surface area (Å²) in [5.41, 5.74) is 8.35. The third-order valence-electron chi connectivity index (χ3n) is 6.91. The lowest BCUT2D eigenvalue weighted by atomic mass is 10.0. The molecule has 216 valence electrons. The summed E-state index contributed by atoms with van der Waals surface area (Å²) in [5, 5.41) is 14.2. The molecule has 0 radical (unpaired) electrons. The Morgan fingerprint density at radius 1 is 1.14 bits per heavy atom. The van der Waals surface area contributed by atoms with Gasteiger partial charge < -0.3 is 20.5 Å². The second-order valence-electron chi connectivity index (χ2n) is 10.2. The number of pyridine rings is 2. The Morgan fingerprint density at radius 3 is 2.76 bits per heavy atom. The molecular formula is C32H36FN9. The van der Waals surface area contributed by atoms with Gasteiger partial charge in [-0.05, 0) is 86.7 Å². The second-order valence-corrected chi connectivity index (χ2v) is 10.2. The Morgan fingerprint density at radius 2 is 2.00 bits per heavy atom. The summed E-state index contributed by atoms with van der Waals surface area (Å²) in [6.45, 7) is 11.2. The van der Waals surface area contributed by atoms with Crippen molar-refractivity contribution in [3.05, 3.63) is 84.5 Å². The summed E-state index contributed by atoms with van der Waals surface area (Å²) in [6.07, 6.45) is 7.65. The molecule has 0 atom stereocenters. The van der Waals surface area contributed by atoms with Crippen molar-refractivity contribution in [3.8, 4) is 22.6 Å². The van der Waals surface area contributed by atoms with Gasteiger partial charge in [0.15, 0.2) is 17.2 Å². The van der Waals surface area contributed by atoms with Crippen LogP contribution < -0.4 is 10.6 Å². The maximum absolute atomic E-state index is 14.7. The maximum atomic E-state index is 14.7. The number of allylic oxidation sites excluding steroid dienone is 3. The fourth-order valence-corrected chi connectivity index (χ4v) is 4.72. The van der Waals surface area contributed by atoms with Gasteiger partial charge in [-0.3, -0.25) is 5.10 Å². The monoisotopic (exact) mass is 565 g/mol. The number of hydrogen-bond donors (Lipinski definition) is 4. The number of anilines is 1. The van der Waals surface area contributed by atoms with Gasteiger partial charge in [-0.25, -0.2) is 19.3 Å². The fourth-order valence-electron chi connectivity index (χ4n) is 4.72. The molecule has 10 heteroatoms. The van der Waals surface area contributed by atoms with Crippen LogP contribution in [-0.2, 0) is 0 Å². The van der Waals surface area contributed by atoms with E-state index in [1.54, 1.807) is 6.20 Å². The Labute approximate surface area is 244 Å². The quantitative estimate of drug-likeness (QED) is 0.142. The molecule has 0 spiro atoms. The highest BCUT2D eigenvalue weighted by molar-refractivity contribution is 5.95. The number of H-pyrrole nitrogens is 2. The fraction of sp³-hybridized carbons (Fsp3) is 0.250. The van der Waals surface area contributed by atoms with Crippen LogP contribution in [0.15, 0.2) is 73.0 Å². The van der Waals surface area contributed by atoms with Crippen LogP contribution in [0.3, 0.4) is 0 Å². The average Bonchev–Trinajstić information content (AvgIpc) is 3.60. The molecule has 9 nitrogen and oxygen atoms in total. The van der Waals surface area contributed by atoms with E-state index >= 15 is 0 Å². The van der Waals surface area contributed by atoms with Gasteiger partial charge in [0.2, 0.25) is 0 Å². The minimum atomic E-state index is -0.321. The topological polar surface area (TPSA) is 110 Å². The highest BCUT2D eigenvalue weighted by atomic mass is 19.1. The van der Waals surface area contributed by atoms with Crippen molar-refractivity contribution in [2.45, 2.75) is 13.8 Å². The number of aromatic amines is 2. The molecule has 1 aromatic carbocycles. The Kier molecular flexibility index (Phi) is 8.85. The Bertz CT molecular complexity index is 1780. The number of imidazole rings is 1. The van der Waals surface area contributed by atoms with E-state index in [1.165, 1.54) is 12.1 Å². The molecule has 0 aliphatic rings. The van der Waals surface area contributed by atoms with Gasteiger partial charge in [-0.1, -0.05) is 25.7 Å². The van der Waals surface area contributed by atoms with Crippen molar-refractivity contribution in [3.63, 3.8) is 0 Å². The lowest BCUT2D eigenvalue weighted by Crippen LogP contribution is -2.20. The highest BCUT2D eigenvalue weighted by Crippen LogP contribution is 2.32. The van der Waals surface area contributed by atoms with Crippen LogP contribution in [0, 0.1) is 5.82 Å². The van der Waals surface area contributed by atoms with E-state index in [0.717, 1.165) is 53.1 Å². The van der Waals surface area contributed by atoms with Gasteiger partial charge >= 0.3 is 0 Å². The normalized spacial score (nSPS) is 12.5. The molecule has 0 amide bonds. The van der Waals surface area contributed by atoms with Crippen LogP contribution in [0.4, 0.5) is 10.1 Å². The summed E-state index contributed by atoms with van der Waals surface area (Å²) in [7, 11) is 4.01. The largest absolute Gasteiger partial charge is 0.384 e. The predicted octanol–water partition coefficient (Wildman–Crippen LogP) is 5.80. The Hall–Kier alpha value is -4.67. The van der Waals surface area contributed by atoms with Crippen molar-refractivity contribution < 1.29 is 4.39 Å². The van der Waals surface area contributed by atoms with E-state index in [4.69, 9.17) is 9.97 Å². The third-order valence-corrected chi connectivity index (χ3v) is 6.91. The minimum absolute atomic E-state index is 0.321. The highest BCUT2D eigenvalue weighted by Gasteiger charge is 2.18. The molecule has 0 aliphatic carbocycles. The van der Waals surface area contributed by atoms with Crippen molar-refractivity contribution in [1.29, 1.82) is 0 Å². The van der Waals surface area contributed by atoms with Gasteiger partial charge in [-0.15, -0.1) is 0 Å². The third kappa shape index (κ3) is 6.29. The standard InChI is InChI=1S/C32H36FN9/c1-6-20(19-34-8-3)15-21(7-2)26-9-10-27-29(37-26)30(41-40-27)32-38-28-25(11-12-36-31(28)39-32)22-16-23(33)18-24(17-22)35-13-14-42(4)5/h6-7,9-12,15-18,34-35H,1,8,13-14,19H2,2-5H3,(H,40,41)(H,36,38,39)/b20-15+,21-7+. The van der Waals surface area contributed by atoms with Crippen LogP contribution in [-0.4, -0.2) is 75.3 Å². The molecule has 4 heterocycles. The van der Waals surface area contributed by atoms with Crippen molar-refractivity contribution in [2.24, 2.45) is 0 Å². The number of nitrogens with zero attached hydrogens (tertiary/aromatic N) is 5.